The number of hydrogen-bond acceptors (Lipinski definition) is 5. The Morgan fingerprint density at radius 1 is 1.24 bits per heavy atom. The molecule has 8 heteroatoms. The smallest absolute Gasteiger partial charge is 0.342 e. The van der Waals surface area contributed by atoms with Gasteiger partial charge in [-0.1, -0.05) is 30.9 Å². The van der Waals surface area contributed by atoms with Crippen LogP contribution in [0.2, 0.25) is 5.15 Å². The zero-order valence-electron chi connectivity index (χ0n) is 14.4. The second-order valence-electron chi connectivity index (χ2n) is 6.18. The van der Waals surface area contributed by atoms with Gasteiger partial charge in [-0.2, -0.15) is 0 Å². The zero-order chi connectivity index (χ0) is 18.4. The molecule has 2 rings (SSSR count). The molecule has 1 aromatic heterocycles. The molecule has 1 aromatic rings. The average molecular weight is 368 g/mol. The summed E-state index contributed by atoms with van der Waals surface area (Å²) in [6.07, 6.45) is 5.14. The lowest BCUT2D eigenvalue weighted by molar-refractivity contribution is -0.123. The SMILES string of the molecule is Cc1cc(C)c(C(=O)OCC(=O)NC(=O)NC2CCCCC2)c(Cl)n1. The van der Waals surface area contributed by atoms with E-state index in [4.69, 9.17) is 16.3 Å². The maximum Gasteiger partial charge on any atom is 0.342 e. The molecule has 0 radical (unpaired) electrons. The Morgan fingerprint density at radius 3 is 2.56 bits per heavy atom. The van der Waals surface area contributed by atoms with Crippen molar-refractivity contribution in [3.8, 4) is 0 Å². The molecule has 0 unspecified atom stereocenters. The van der Waals surface area contributed by atoms with Gasteiger partial charge in [0.25, 0.3) is 5.91 Å². The van der Waals surface area contributed by atoms with Gasteiger partial charge >= 0.3 is 12.0 Å². The number of halogens is 1. The molecular weight excluding hydrogens is 346 g/mol. The Kier molecular flexibility index (Phi) is 6.75. The van der Waals surface area contributed by atoms with Crippen LogP contribution in [-0.4, -0.2) is 35.5 Å². The van der Waals surface area contributed by atoms with E-state index in [0.717, 1.165) is 25.7 Å². The molecule has 0 bridgehead atoms. The number of urea groups is 1. The number of aryl methyl sites for hydroxylation is 2. The molecule has 3 amide bonds. The molecule has 1 fully saturated rings. The first-order valence-corrected chi connectivity index (χ1v) is 8.66. The highest BCUT2D eigenvalue weighted by Crippen LogP contribution is 2.19. The maximum atomic E-state index is 12.1. The largest absolute Gasteiger partial charge is 0.452 e. The molecule has 1 aliphatic rings. The van der Waals surface area contributed by atoms with Crippen molar-refractivity contribution in [2.45, 2.75) is 52.0 Å². The Hall–Kier alpha value is -2.15. The number of esters is 1. The summed E-state index contributed by atoms with van der Waals surface area (Å²) in [5, 5.41) is 4.93. The van der Waals surface area contributed by atoms with Crippen LogP contribution in [0.4, 0.5) is 4.79 Å². The fourth-order valence-corrected chi connectivity index (χ4v) is 3.23. The highest BCUT2D eigenvalue weighted by Gasteiger charge is 2.20. The van der Waals surface area contributed by atoms with Gasteiger partial charge in [-0.05, 0) is 38.3 Å². The fourth-order valence-electron chi connectivity index (χ4n) is 2.87. The molecule has 0 spiro atoms. The van der Waals surface area contributed by atoms with Crippen molar-refractivity contribution in [2.24, 2.45) is 0 Å². The lowest BCUT2D eigenvalue weighted by Crippen LogP contribution is -2.46. The number of ether oxygens (including phenoxy) is 1. The molecule has 2 N–H and O–H groups in total. The van der Waals surface area contributed by atoms with Gasteiger partial charge in [0.15, 0.2) is 6.61 Å². The molecule has 0 aromatic carbocycles. The van der Waals surface area contributed by atoms with Gasteiger partial charge in [0, 0.05) is 11.7 Å². The molecule has 7 nitrogen and oxygen atoms in total. The van der Waals surface area contributed by atoms with Gasteiger partial charge < -0.3 is 10.1 Å². The van der Waals surface area contributed by atoms with Crippen LogP contribution >= 0.6 is 11.6 Å². The second kappa shape index (κ2) is 8.80. The Labute approximate surface area is 151 Å². The van der Waals surface area contributed by atoms with E-state index >= 15 is 0 Å². The Bertz CT molecular complexity index is 649. The van der Waals surface area contributed by atoms with Crippen LogP contribution in [0.3, 0.4) is 0 Å². The number of imide groups is 1. The van der Waals surface area contributed by atoms with Crippen LogP contribution in [0.5, 0.6) is 0 Å². The summed E-state index contributed by atoms with van der Waals surface area (Å²) in [5.41, 5.74) is 1.40. The first kappa shape index (κ1) is 19.2. The minimum absolute atomic E-state index is 0.0259. The van der Waals surface area contributed by atoms with E-state index in [1.165, 1.54) is 6.42 Å². The number of pyridine rings is 1. The van der Waals surface area contributed by atoms with E-state index < -0.39 is 24.5 Å². The third-order valence-electron chi connectivity index (χ3n) is 4.03. The number of nitrogens with zero attached hydrogens (tertiary/aromatic N) is 1. The lowest BCUT2D eigenvalue weighted by atomic mass is 9.96. The molecule has 0 saturated heterocycles. The van der Waals surface area contributed by atoms with Crippen molar-refractivity contribution in [1.82, 2.24) is 15.6 Å². The highest BCUT2D eigenvalue weighted by molar-refractivity contribution is 6.32. The first-order valence-electron chi connectivity index (χ1n) is 8.28. The number of hydrogen-bond donors (Lipinski definition) is 2. The number of carbonyl (C=O) groups excluding carboxylic acids is 3. The monoisotopic (exact) mass is 367 g/mol. The lowest BCUT2D eigenvalue weighted by Gasteiger charge is -2.22. The van der Waals surface area contributed by atoms with Crippen LogP contribution in [0.1, 0.15) is 53.7 Å². The molecule has 1 saturated carbocycles. The van der Waals surface area contributed by atoms with E-state index in [2.05, 4.69) is 15.6 Å². The average Bonchev–Trinajstić information content (AvgIpc) is 2.52. The third kappa shape index (κ3) is 5.70. The fraction of sp³-hybridized carbons (Fsp3) is 0.529. The van der Waals surface area contributed by atoms with Crippen molar-refractivity contribution >= 4 is 29.5 Å². The van der Waals surface area contributed by atoms with E-state index in [0.29, 0.717) is 11.3 Å². The van der Waals surface area contributed by atoms with Crippen molar-refractivity contribution in [1.29, 1.82) is 0 Å². The second-order valence-corrected chi connectivity index (χ2v) is 6.54. The van der Waals surface area contributed by atoms with Crippen LogP contribution in [-0.2, 0) is 9.53 Å². The van der Waals surface area contributed by atoms with Gasteiger partial charge in [-0.3, -0.25) is 10.1 Å². The predicted octanol–water partition coefficient (Wildman–Crippen LogP) is 2.67. The van der Waals surface area contributed by atoms with Crippen LogP contribution in [0.15, 0.2) is 6.07 Å². The summed E-state index contributed by atoms with van der Waals surface area (Å²) in [4.78, 5) is 39.6. The summed E-state index contributed by atoms with van der Waals surface area (Å²) < 4.78 is 4.93. The van der Waals surface area contributed by atoms with Crippen molar-refractivity contribution < 1.29 is 19.1 Å². The van der Waals surface area contributed by atoms with Crippen molar-refractivity contribution in [3.05, 3.63) is 28.0 Å². The topological polar surface area (TPSA) is 97.4 Å². The minimum atomic E-state index is -0.752. The standard InChI is InChI=1S/C17H22ClN3O4/c1-10-8-11(2)19-15(18)14(10)16(23)25-9-13(22)21-17(24)20-12-6-4-3-5-7-12/h8,12H,3-7,9H2,1-2H3,(H2,20,21,22,24). The summed E-state index contributed by atoms with van der Waals surface area (Å²) in [6, 6.07) is 1.21. The van der Waals surface area contributed by atoms with E-state index in [1.807, 2.05) is 0 Å². The van der Waals surface area contributed by atoms with Gasteiger partial charge in [-0.25, -0.2) is 14.6 Å². The van der Waals surface area contributed by atoms with E-state index in [1.54, 1.807) is 19.9 Å². The number of aromatic nitrogens is 1. The van der Waals surface area contributed by atoms with Gasteiger partial charge in [0.1, 0.15) is 5.15 Å². The van der Waals surface area contributed by atoms with Gasteiger partial charge in [0.05, 0.1) is 5.56 Å². The van der Waals surface area contributed by atoms with E-state index in [-0.39, 0.29) is 16.8 Å². The predicted molar refractivity (Wildman–Crippen MR) is 92.6 cm³/mol. The van der Waals surface area contributed by atoms with Gasteiger partial charge in [0.2, 0.25) is 0 Å². The van der Waals surface area contributed by atoms with Crippen molar-refractivity contribution in [3.63, 3.8) is 0 Å². The van der Waals surface area contributed by atoms with Crippen molar-refractivity contribution in [2.75, 3.05) is 6.61 Å². The van der Waals surface area contributed by atoms with Crippen LogP contribution in [0, 0.1) is 13.8 Å². The quantitative estimate of drug-likeness (QED) is 0.629. The maximum absolute atomic E-state index is 12.1. The molecule has 0 aliphatic heterocycles. The minimum Gasteiger partial charge on any atom is -0.452 e. The first-order chi connectivity index (χ1) is 11.9. The summed E-state index contributed by atoms with van der Waals surface area (Å²) in [7, 11) is 0. The van der Waals surface area contributed by atoms with E-state index in [9.17, 15) is 14.4 Å². The normalized spacial score (nSPS) is 14.7. The number of carbonyl (C=O) groups is 3. The zero-order valence-corrected chi connectivity index (χ0v) is 15.1. The number of amides is 3. The summed E-state index contributed by atoms with van der Waals surface area (Å²) in [5.74, 6) is -1.45. The van der Waals surface area contributed by atoms with Gasteiger partial charge in [-0.15, -0.1) is 0 Å². The molecule has 0 atom stereocenters. The highest BCUT2D eigenvalue weighted by atomic mass is 35.5. The summed E-state index contributed by atoms with van der Waals surface area (Å²) in [6.45, 7) is 2.89. The molecule has 136 valence electrons. The summed E-state index contributed by atoms with van der Waals surface area (Å²) >= 11 is 5.96. The Morgan fingerprint density at radius 2 is 1.92 bits per heavy atom. The molecule has 25 heavy (non-hydrogen) atoms. The van der Waals surface area contributed by atoms with Crippen LogP contribution < -0.4 is 10.6 Å². The number of nitrogens with one attached hydrogen (secondary N) is 2. The number of rotatable bonds is 4. The third-order valence-corrected chi connectivity index (χ3v) is 4.31. The van der Waals surface area contributed by atoms with Crippen LogP contribution in [0.25, 0.3) is 0 Å². The molecule has 1 aliphatic carbocycles. The molecule has 1 heterocycles. The Balaban J connectivity index is 1.81. The molecular formula is C17H22ClN3O4.